The average molecular weight is 449 g/mol. The Balaban J connectivity index is 1.51. The topological polar surface area (TPSA) is 66.5 Å². The highest BCUT2D eigenvalue weighted by Crippen LogP contribution is 2.22. The lowest BCUT2D eigenvalue weighted by Crippen LogP contribution is -2.44. The van der Waals surface area contributed by atoms with Gasteiger partial charge in [-0.3, -0.25) is 4.79 Å². The predicted molar refractivity (Wildman–Crippen MR) is 116 cm³/mol. The summed E-state index contributed by atoms with van der Waals surface area (Å²) < 4.78 is 54.1. The van der Waals surface area contributed by atoms with Crippen LogP contribution in [0.4, 0.5) is 8.78 Å². The van der Waals surface area contributed by atoms with Gasteiger partial charge in [-0.2, -0.15) is 4.31 Å². The monoisotopic (exact) mass is 448 g/mol. The second kappa shape index (κ2) is 10.2. The van der Waals surface area contributed by atoms with Gasteiger partial charge in [0.15, 0.2) is 0 Å². The van der Waals surface area contributed by atoms with Crippen molar-refractivity contribution in [3.05, 3.63) is 76.7 Å². The molecule has 1 fully saturated rings. The Bertz CT molecular complexity index is 1010. The average Bonchev–Trinajstić information content (AvgIpc) is 2.76. The summed E-state index contributed by atoms with van der Waals surface area (Å²) in [6, 6.07) is 12.4. The number of hydrogen-bond acceptors (Lipinski definition) is 3. The number of nitrogens with zero attached hydrogens (tertiary/aromatic N) is 1. The molecule has 166 valence electrons. The van der Waals surface area contributed by atoms with Gasteiger partial charge in [-0.15, -0.1) is 0 Å². The van der Waals surface area contributed by atoms with Gasteiger partial charge >= 0.3 is 0 Å². The first-order chi connectivity index (χ1) is 14.8. The van der Waals surface area contributed by atoms with Crippen LogP contribution in [0.2, 0.25) is 0 Å². The van der Waals surface area contributed by atoms with E-state index in [4.69, 9.17) is 0 Å². The molecule has 2 aromatic carbocycles. The molecule has 1 unspecified atom stereocenters. The van der Waals surface area contributed by atoms with Crippen molar-refractivity contribution < 1.29 is 22.0 Å². The van der Waals surface area contributed by atoms with Gasteiger partial charge in [0, 0.05) is 36.0 Å². The second-order valence-corrected chi connectivity index (χ2v) is 9.56. The lowest BCUT2D eigenvalue weighted by molar-refractivity contribution is -0.126. The highest BCUT2D eigenvalue weighted by molar-refractivity contribution is 7.92. The van der Waals surface area contributed by atoms with E-state index in [1.54, 1.807) is 13.0 Å². The molecule has 2 aromatic rings. The van der Waals surface area contributed by atoms with Crippen LogP contribution in [-0.2, 0) is 21.2 Å². The number of carbonyl (C=O) groups excluding carboxylic acids is 1. The predicted octanol–water partition coefficient (Wildman–Crippen LogP) is 3.72. The number of halogens is 2. The quantitative estimate of drug-likeness (QED) is 0.702. The number of carbonyl (C=O) groups is 1. The minimum Gasteiger partial charge on any atom is -0.353 e. The van der Waals surface area contributed by atoms with Gasteiger partial charge in [-0.1, -0.05) is 36.4 Å². The molecule has 1 atom stereocenters. The molecular formula is C23H26F2N2O3S. The summed E-state index contributed by atoms with van der Waals surface area (Å²) in [6.45, 7) is 2.18. The van der Waals surface area contributed by atoms with Crippen LogP contribution >= 0.6 is 0 Å². The van der Waals surface area contributed by atoms with Crippen LogP contribution in [0.1, 0.15) is 30.9 Å². The molecule has 1 saturated heterocycles. The van der Waals surface area contributed by atoms with Gasteiger partial charge in [0.1, 0.15) is 11.6 Å². The first kappa shape index (κ1) is 23.1. The number of rotatable bonds is 7. The maximum absolute atomic E-state index is 13.8. The first-order valence-corrected chi connectivity index (χ1v) is 11.7. The molecule has 0 saturated carbocycles. The fraction of sp³-hybridized carbons (Fsp3) is 0.348. The minimum atomic E-state index is -3.57. The van der Waals surface area contributed by atoms with Gasteiger partial charge in [0.25, 0.3) is 0 Å². The van der Waals surface area contributed by atoms with Crippen LogP contribution in [0, 0.1) is 17.6 Å². The first-order valence-electron chi connectivity index (χ1n) is 10.2. The van der Waals surface area contributed by atoms with E-state index in [1.165, 1.54) is 27.9 Å². The summed E-state index contributed by atoms with van der Waals surface area (Å²) in [5.41, 5.74) is 0.738. The molecule has 1 amide bonds. The number of nitrogens with one attached hydrogen (secondary N) is 1. The fourth-order valence-electron chi connectivity index (χ4n) is 3.63. The van der Waals surface area contributed by atoms with Crippen LogP contribution in [0.5, 0.6) is 0 Å². The van der Waals surface area contributed by atoms with E-state index >= 15 is 0 Å². The van der Waals surface area contributed by atoms with Crippen LogP contribution < -0.4 is 5.32 Å². The molecule has 0 aliphatic carbocycles. The molecule has 0 spiro atoms. The lowest BCUT2D eigenvalue weighted by atomic mass is 9.96. The van der Waals surface area contributed by atoms with Crippen molar-refractivity contribution in [2.24, 2.45) is 5.92 Å². The summed E-state index contributed by atoms with van der Waals surface area (Å²) in [6.07, 6.45) is 2.38. The molecule has 1 N–H and O–H groups in total. The number of piperidine rings is 1. The van der Waals surface area contributed by atoms with Gasteiger partial charge in [0.05, 0.1) is 0 Å². The van der Waals surface area contributed by atoms with Crippen molar-refractivity contribution in [1.29, 1.82) is 0 Å². The zero-order valence-corrected chi connectivity index (χ0v) is 18.1. The fourth-order valence-corrected chi connectivity index (χ4v) is 4.85. The Kier molecular flexibility index (Phi) is 7.56. The molecular weight excluding hydrogens is 422 g/mol. The Hall–Kier alpha value is -2.58. The van der Waals surface area contributed by atoms with E-state index in [-0.39, 0.29) is 36.9 Å². The molecule has 0 aromatic heterocycles. The van der Waals surface area contributed by atoms with Crippen LogP contribution in [0.15, 0.2) is 53.9 Å². The minimum absolute atomic E-state index is 0.0434. The van der Waals surface area contributed by atoms with Crippen LogP contribution in [-0.4, -0.2) is 37.8 Å². The van der Waals surface area contributed by atoms with Crippen molar-refractivity contribution in [3.8, 4) is 0 Å². The van der Waals surface area contributed by atoms with Gasteiger partial charge in [-0.05, 0) is 50.0 Å². The third-order valence-electron chi connectivity index (χ3n) is 5.38. The van der Waals surface area contributed by atoms with Gasteiger partial charge < -0.3 is 5.32 Å². The molecule has 3 rings (SSSR count). The van der Waals surface area contributed by atoms with E-state index in [0.29, 0.717) is 12.8 Å². The third kappa shape index (κ3) is 6.21. The zero-order chi connectivity index (χ0) is 22.4. The standard InChI is InChI=1S/C23H26F2N2O3S/c1-17(16-20-21(24)8-5-9-22(20)25)26-23(28)19-10-13-27(14-11-19)31(29,30)15-12-18-6-3-2-4-7-18/h2-9,12,15,17,19H,10-11,13-14,16H2,1H3,(H,26,28). The van der Waals surface area contributed by atoms with E-state index in [0.717, 1.165) is 5.56 Å². The number of benzene rings is 2. The number of hydrogen-bond donors (Lipinski definition) is 1. The molecule has 5 nitrogen and oxygen atoms in total. The Labute approximate surface area is 181 Å². The highest BCUT2D eigenvalue weighted by Gasteiger charge is 2.30. The molecule has 0 radical (unpaired) electrons. The Morgan fingerprint density at radius 2 is 1.71 bits per heavy atom. The van der Waals surface area contributed by atoms with Gasteiger partial charge in [-0.25, -0.2) is 17.2 Å². The maximum atomic E-state index is 13.8. The van der Waals surface area contributed by atoms with Crippen molar-refractivity contribution in [3.63, 3.8) is 0 Å². The summed E-state index contributed by atoms with van der Waals surface area (Å²) in [4.78, 5) is 12.6. The van der Waals surface area contributed by atoms with Crippen LogP contribution in [0.3, 0.4) is 0 Å². The zero-order valence-electron chi connectivity index (χ0n) is 17.3. The molecule has 31 heavy (non-hydrogen) atoms. The smallest absolute Gasteiger partial charge is 0.236 e. The number of amides is 1. The molecule has 0 bridgehead atoms. The lowest BCUT2D eigenvalue weighted by Gasteiger charge is -2.30. The SMILES string of the molecule is CC(Cc1c(F)cccc1F)NC(=O)C1CCN(S(=O)(=O)C=Cc2ccccc2)CC1. The second-order valence-electron chi connectivity index (χ2n) is 7.75. The molecule has 1 aliphatic rings. The normalized spacial score (nSPS) is 17.0. The van der Waals surface area contributed by atoms with E-state index < -0.39 is 27.7 Å². The molecule has 1 heterocycles. The number of sulfonamides is 1. The molecule has 1 aliphatic heterocycles. The van der Waals surface area contributed by atoms with Gasteiger partial charge in [0.2, 0.25) is 15.9 Å². The van der Waals surface area contributed by atoms with Crippen molar-refractivity contribution in [2.45, 2.75) is 32.2 Å². The van der Waals surface area contributed by atoms with Crippen molar-refractivity contribution >= 4 is 22.0 Å². The summed E-state index contributed by atoms with van der Waals surface area (Å²) in [5, 5.41) is 3.99. The summed E-state index contributed by atoms with van der Waals surface area (Å²) in [5.74, 6) is -1.83. The summed E-state index contributed by atoms with van der Waals surface area (Å²) >= 11 is 0. The third-order valence-corrected chi connectivity index (χ3v) is 6.94. The Morgan fingerprint density at radius 3 is 2.32 bits per heavy atom. The largest absolute Gasteiger partial charge is 0.353 e. The van der Waals surface area contributed by atoms with Crippen LogP contribution in [0.25, 0.3) is 6.08 Å². The van der Waals surface area contributed by atoms with Crippen molar-refractivity contribution in [1.82, 2.24) is 9.62 Å². The van der Waals surface area contributed by atoms with E-state index in [1.807, 2.05) is 30.3 Å². The molecule has 8 heteroatoms. The van der Waals surface area contributed by atoms with E-state index in [9.17, 15) is 22.0 Å². The highest BCUT2D eigenvalue weighted by atomic mass is 32.2. The maximum Gasteiger partial charge on any atom is 0.236 e. The Morgan fingerprint density at radius 1 is 1.10 bits per heavy atom. The summed E-state index contributed by atoms with van der Waals surface area (Å²) in [7, 11) is -3.57. The van der Waals surface area contributed by atoms with Crippen molar-refractivity contribution in [2.75, 3.05) is 13.1 Å². The van der Waals surface area contributed by atoms with E-state index in [2.05, 4.69) is 5.32 Å².